The SMILES string of the molecule is CCOC(=O)NNC(=S)NC[C@@H](C)CC. The van der Waals surface area contributed by atoms with E-state index in [2.05, 4.69) is 34.8 Å². The zero-order valence-corrected chi connectivity index (χ0v) is 10.2. The average molecular weight is 233 g/mol. The van der Waals surface area contributed by atoms with Crippen LogP contribution in [-0.4, -0.2) is 24.4 Å². The predicted molar refractivity (Wildman–Crippen MR) is 63.3 cm³/mol. The van der Waals surface area contributed by atoms with Crippen LogP contribution < -0.4 is 16.2 Å². The van der Waals surface area contributed by atoms with Crippen LogP contribution in [0, 0.1) is 5.92 Å². The molecule has 0 heterocycles. The largest absolute Gasteiger partial charge is 0.449 e. The smallest absolute Gasteiger partial charge is 0.425 e. The summed E-state index contributed by atoms with van der Waals surface area (Å²) in [6.07, 6.45) is 0.547. The Morgan fingerprint density at radius 2 is 2.07 bits per heavy atom. The molecule has 5 nitrogen and oxygen atoms in total. The minimum Gasteiger partial charge on any atom is -0.449 e. The standard InChI is InChI=1S/C9H19N3O2S/c1-4-7(3)6-10-8(15)11-12-9(13)14-5-2/h7H,4-6H2,1-3H3,(H,12,13)(H2,10,11,15)/t7-/m0/s1. The molecule has 0 radical (unpaired) electrons. The zero-order chi connectivity index (χ0) is 11.7. The quantitative estimate of drug-likeness (QED) is 0.502. The number of carbonyl (C=O) groups is 1. The maximum Gasteiger partial charge on any atom is 0.425 e. The van der Waals surface area contributed by atoms with Crippen LogP contribution in [0.15, 0.2) is 0 Å². The van der Waals surface area contributed by atoms with Crippen molar-refractivity contribution in [2.24, 2.45) is 5.92 Å². The Morgan fingerprint density at radius 1 is 1.40 bits per heavy atom. The Morgan fingerprint density at radius 3 is 2.60 bits per heavy atom. The van der Waals surface area contributed by atoms with Crippen LogP contribution in [-0.2, 0) is 4.74 Å². The number of amides is 1. The molecule has 0 rings (SSSR count). The molecule has 1 amide bonds. The van der Waals surface area contributed by atoms with Crippen molar-refractivity contribution in [1.82, 2.24) is 16.2 Å². The predicted octanol–water partition coefficient (Wildman–Crippen LogP) is 1.16. The summed E-state index contributed by atoms with van der Waals surface area (Å²) in [6, 6.07) is 0. The van der Waals surface area contributed by atoms with Gasteiger partial charge in [0.1, 0.15) is 0 Å². The van der Waals surface area contributed by atoms with E-state index in [0.717, 1.165) is 13.0 Å². The van der Waals surface area contributed by atoms with E-state index in [-0.39, 0.29) is 0 Å². The van der Waals surface area contributed by atoms with Crippen molar-refractivity contribution >= 4 is 23.4 Å². The van der Waals surface area contributed by atoms with E-state index in [4.69, 9.17) is 12.2 Å². The van der Waals surface area contributed by atoms with E-state index < -0.39 is 6.09 Å². The number of hydrogen-bond donors (Lipinski definition) is 3. The molecule has 0 aliphatic rings. The monoisotopic (exact) mass is 233 g/mol. The summed E-state index contributed by atoms with van der Waals surface area (Å²) < 4.78 is 4.64. The molecular formula is C9H19N3O2S. The summed E-state index contributed by atoms with van der Waals surface area (Å²) in [5, 5.41) is 3.37. The van der Waals surface area contributed by atoms with Gasteiger partial charge in [0.25, 0.3) is 0 Å². The third kappa shape index (κ3) is 7.99. The topological polar surface area (TPSA) is 62.4 Å². The lowest BCUT2D eigenvalue weighted by atomic mass is 10.1. The molecule has 6 heteroatoms. The van der Waals surface area contributed by atoms with E-state index in [1.165, 1.54) is 0 Å². The summed E-state index contributed by atoms with van der Waals surface area (Å²) in [6.45, 7) is 7.08. The Labute approximate surface area is 95.9 Å². The summed E-state index contributed by atoms with van der Waals surface area (Å²) in [4.78, 5) is 10.9. The number of thiocarbonyl (C=S) groups is 1. The van der Waals surface area contributed by atoms with E-state index in [1.807, 2.05) is 0 Å². The highest BCUT2D eigenvalue weighted by atomic mass is 32.1. The lowest BCUT2D eigenvalue weighted by Crippen LogP contribution is -2.47. The molecule has 0 unspecified atom stereocenters. The summed E-state index contributed by atoms with van der Waals surface area (Å²) in [5.41, 5.74) is 4.85. The fourth-order valence-corrected chi connectivity index (χ4v) is 0.865. The van der Waals surface area contributed by atoms with Gasteiger partial charge in [-0.1, -0.05) is 20.3 Å². The minimum absolute atomic E-state index is 0.334. The van der Waals surface area contributed by atoms with Crippen molar-refractivity contribution in [2.45, 2.75) is 27.2 Å². The Bertz CT molecular complexity index is 212. The minimum atomic E-state index is -0.537. The molecule has 1 atom stereocenters. The number of hydrogen-bond acceptors (Lipinski definition) is 3. The van der Waals surface area contributed by atoms with Crippen molar-refractivity contribution in [2.75, 3.05) is 13.2 Å². The molecule has 15 heavy (non-hydrogen) atoms. The molecule has 0 aliphatic carbocycles. The molecule has 0 aliphatic heterocycles. The van der Waals surface area contributed by atoms with Crippen molar-refractivity contribution in [3.63, 3.8) is 0 Å². The van der Waals surface area contributed by atoms with Crippen molar-refractivity contribution in [3.8, 4) is 0 Å². The number of rotatable bonds is 4. The second-order valence-corrected chi connectivity index (χ2v) is 3.60. The van der Waals surface area contributed by atoms with Gasteiger partial charge in [0.2, 0.25) is 0 Å². The van der Waals surface area contributed by atoms with Gasteiger partial charge >= 0.3 is 6.09 Å². The van der Waals surface area contributed by atoms with Gasteiger partial charge in [-0.25, -0.2) is 10.2 Å². The Hall–Kier alpha value is -1.04. The van der Waals surface area contributed by atoms with Crippen molar-refractivity contribution in [3.05, 3.63) is 0 Å². The molecular weight excluding hydrogens is 214 g/mol. The fraction of sp³-hybridized carbons (Fsp3) is 0.778. The first-order valence-electron chi connectivity index (χ1n) is 5.06. The third-order valence-electron chi connectivity index (χ3n) is 1.86. The second-order valence-electron chi connectivity index (χ2n) is 3.19. The van der Waals surface area contributed by atoms with Gasteiger partial charge in [-0.2, -0.15) is 0 Å². The lowest BCUT2D eigenvalue weighted by molar-refractivity contribution is 0.150. The highest BCUT2D eigenvalue weighted by molar-refractivity contribution is 7.80. The van der Waals surface area contributed by atoms with Gasteiger partial charge in [0.15, 0.2) is 5.11 Å². The first-order chi connectivity index (χ1) is 7.10. The maximum absolute atomic E-state index is 10.9. The summed E-state index contributed by atoms with van der Waals surface area (Å²) in [7, 11) is 0. The first kappa shape index (κ1) is 14.0. The van der Waals surface area contributed by atoms with Crippen LogP contribution in [0.5, 0.6) is 0 Å². The molecule has 0 bridgehead atoms. The van der Waals surface area contributed by atoms with Crippen LogP contribution in [0.2, 0.25) is 0 Å². The molecule has 0 aromatic carbocycles. The van der Waals surface area contributed by atoms with Gasteiger partial charge in [-0.15, -0.1) is 0 Å². The second kappa shape index (κ2) is 8.28. The van der Waals surface area contributed by atoms with Gasteiger partial charge in [-0.3, -0.25) is 5.43 Å². The molecule has 88 valence electrons. The fourth-order valence-electron chi connectivity index (χ4n) is 0.730. The van der Waals surface area contributed by atoms with Crippen molar-refractivity contribution in [1.29, 1.82) is 0 Å². The number of hydrazine groups is 1. The van der Waals surface area contributed by atoms with Gasteiger partial charge in [0, 0.05) is 6.54 Å². The average Bonchev–Trinajstić information content (AvgIpc) is 2.23. The van der Waals surface area contributed by atoms with E-state index in [0.29, 0.717) is 17.6 Å². The highest BCUT2D eigenvalue weighted by Gasteiger charge is 2.02. The van der Waals surface area contributed by atoms with Crippen LogP contribution in [0.25, 0.3) is 0 Å². The third-order valence-corrected chi connectivity index (χ3v) is 2.11. The van der Waals surface area contributed by atoms with E-state index in [1.54, 1.807) is 6.92 Å². The normalized spacial score (nSPS) is 11.4. The summed E-state index contributed by atoms with van der Waals surface area (Å²) in [5.74, 6) is 0.548. The van der Waals surface area contributed by atoms with Gasteiger partial charge in [-0.05, 0) is 25.1 Å². The molecule has 0 spiro atoms. The molecule has 0 aromatic rings. The first-order valence-corrected chi connectivity index (χ1v) is 5.47. The van der Waals surface area contributed by atoms with Crippen LogP contribution >= 0.6 is 12.2 Å². The number of ether oxygens (including phenoxy) is 1. The molecule has 0 fully saturated rings. The van der Waals surface area contributed by atoms with Crippen molar-refractivity contribution < 1.29 is 9.53 Å². The van der Waals surface area contributed by atoms with Crippen LogP contribution in [0.3, 0.4) is 0 Å². The lowest BCUT2D eigenvalue weighted by Gasteiger charge is -2.13. The molecule has 3 N–H and O–H groups in total. The van der Waals surface area contributed by atoms with Crippen LogP contribution in [0.4, 0.5) is 4.79 Å². The number of carbonyl (C=O) groups excluding carboxylic acids is 1. The van der Waals surface area contributed by atoms with E-state index in [9.17, 15) is 4.79 Å². The molecule has 0 aromatic heterocycles. The molecule has 0 saturated carbocycles. The Balaban J connectivity index is 3.53. The number of nitrogens with one attached hydrogen (secondary N) is 3. The molecule has 0 saturated heterocycles. The van der Waals surface area contributed by atoms with Gasteiger partial charge < -0.3 is 10.1 Å². The summed E-state index contributed by atoms with van der Waals surface area (Å²) >= 11 is 4.93. The maximum atomic E-state index is 10.9. The van der Waals surface area contributed by atoms with E-state index >= 15 is 0 Å². The van der Waals surface area contributed by atoms with Gasteiger partial charge in [0.05, 0.1) is 6.61 Å². The zero-order valence-electron chi connectivity index (χ0n) is 9.42. The highest BCUT2D eigenvalue weighted by Crippen LogP contribution is 1.96. The Kier molecular flexibility index (Phi) is 7.71. The van der Waals surface area contributed by atoms with Crippen LogP contribution in [0.1, 0.15) is 27.2 Å².